The molecule has 7 nitrogen and oxygen atoms in total. The summed E-state index contributed by atoms with van der Waals surface area (Å²) in [6.07, 6.45) is 0.245. The number of carbonyl (C=O) groups is 2. The summed E-state index contributed by atoms with van der Waals surface area (Å²) < 4.78 is 15.4. The summed E-state index contributed by atoms with van der Waals surface area (Å²) in [6, 6.07) is 5.44. The molecule has 1 fully saturated rings. The maximum Gasteiger partial charge on any atom is 0.225 e. The molecule has 2 rings (SSSR count). The zero-order chi connectivity index (χ0) is 17.5. The lowest BCUT2D eigenvalue weighted by Gasteiger charge is -2.16. The molecule has 0 bridgehead atoms. The van der Waals surface area contributed by atoms with Crippen LogP contribution in [0.2, 0.25) is 0 Å². The third-order valence-corrected chi connectivity index (χ3v) is 4.10. The predicted octanol–water partition coefficient (Wildman–Crippen LogP) is 0.815. The maximum absolute atomic E-state index is 12.3. The van der Waals surface area contributed by atoms with E-state index < -0.39 is 0 Å². The molecule has 0 saturated carbocycles. The summed E-state index contributed by atoms with van der Waals surface area (Å²) in [7, 11) is 4.75. The number of benzene rings is 1. The number of nitrogens with one attached hydrogen (secondary N) is 1. The Hall–Kier alpha value is -2.28. The molecular weight excluding hydrogens is 312 g/mol. The van der Waals surface area contributed by atoms with Crippen molar-refractivity contribution in [2.75, 3.05) is 41.0 Å². The van der Waals surface area contributed by atoms with Crippen molar-refractivity contribution in [1.29, 1.82) is 0 Å². The second kappa shape index (κ2) is 8.54. The summed E-state index contributed by atoms with van der Waals surface area (Å²) in [4.78, 5) is 25.9. The Balaban J connectivity index is 1.91. The minimum absolute atomic E-state index is 0.00534. The van der Waals surface area contributed by atoms with Crippen LogP contribution < -0.4 is 14.8 Å². The fourth-order valence-electron chi connectivity index (χ4n) is 2.69. The van der Waals surface area contributed by atoms with Crippen LogP contribution in [-0.2, 0) is 20.9 Å². The Morgan fingerprint density at radius 2 is 2.08 bits per heavy atom. The molecule has 1 aliphatic rings. The van der Waals surface area contributed by atoms with Crippen molar-refractivity contribution in [2.24, 2.45) is 5.92 Å². The molecule has 1 aromatic carbocycles. The van der Waals surface area contributed by atoms with E-state index >= 15 is 0 Å². The fourth-order valence-corrected chi connectivity index (χ4v) is 2.69. The van der Waals surface area contributed by atoms with Crippen LogP contribution in [0.1, 0.15) is 12.0 Å². The zero-order valence-electron chi connectivity index (χ0n) is 14.3. The van der Waals surface area contributed by atoms with Gasteiger partial charge in [-0.25, -0.2) is 0 Å². The second-order valence-electron chi connectivity index (χ2n) is 5.63. The number of nitrogens with zero attached hydrogens (tertiary/aromatic N) is 1. The lowest BCUT2D eigenvalue weighted by atomic mass is 10.1. The average molecular weight is 336 g/mol. The van der Waals surface area contributed by atoms with Crippen molar-refractivity contribution in [3.05, 3.63) is 23.8 Å². The maximum atomic E-state index is 12.3. The van der Waals surface area contributed by atoms with E-state index in [2.05, 4.69) is 5.32 Å². The molecule has 1 aromatic rings. The van der Waals surface area contributed by atoms with Gasteiger partial charge in [0.05, 0.1) is 26.7 Å². The van der Waals surface area contributed by atoms with Crippen molar-refractivity contribution >= 4 is 11.8 Å². The number of carbonyl (C=O) groups excluding carboxylic acids is 2. The summed E-state index contributed by atoms with van der Waals surface area (Å²) in [5.41, 5.74) is 0.854. The van der Waals surface area contributed by atoms with Gasteiger partial charge in [0, 0.05) is 44.8 Å². The van der Waals surface area contributed by atoms with E-state index in [9.17, 15) is 9.59 Å². The Morgan fingerprint density at radius 3 is 2.75 bits per heavy atom. The van der Waals surface area contributed by atoms with Gasteiger partial charge in [-0.15, -0.1) is 0 Å². The molecule has 132 valence electrons. The van der Waals surface area contributed by atoms with E-state index in [1.54, 1.807) is 32.3 Å². The number of likely N-dealkylation sites (tertiary alicyclic amines) is 1. The molecule has 0 aromatic heterocycles. The van der Waals surface area contributed by atoms with E-state index in [4.69, 9.17) is 14.2 Å². The normalized spacial score (nSPS) is 17.0. The van der Waals surface area contributed by atoms with Crippen LogP contribution in [0, 0.1) is 5.92 Å². The highest BCUT2D eigenvalue weighted by atomic mass is 16.5. The first-order chi connectivity index (χ1) is 11.6. The zero-order valence-corrected chi connectivity index (χ0v) is 14.3. The molecule has 0 spiro atoms. The van der Waals surface area contributed by atoms with Gasteiger partial charge in [0.1, 0.15) is 11.5 Å². The number of amides is 2. The van der Waals surface area contributed by atoms with Crippen molar-refractivity contribution in [2.45, 2.75) is 13.0 Å². The summed E-state index contributed by atoms with van der Waals surface area (Å²) >= 11 is 0. The molecule has 24 heavy (non-hydrogen) atoms. The van der Waals surface area contributed by atoms with Gasteiger partial charge in [0.25, 0.3) is 0 Å². The number of methoxy groups -OCH3 is 3. The van der Waals surface area contributed by atoms with E-state index in [-0.39, 0.29) is 24.2 Å². The summed E-state index contributed by atoms with van der Waals surface area (Å²) in [6.45, 7) is 1.77. The Morgan fingerprint density at radius 1 is 1.29 bits per heavy atom. The van der Waals surface area contributed by atoms with Crippen LogP contribution in [0.15, 0.2) is 18.2 Å². The van der Waals surface area contributed by atoms with E-state index in [1.165, 1.54) is 0 Å². The highest BCUT2D eigenvalue weighted by Crippen LogP contribution is 2.25. The molecule has 7 heteroatoms. The first-order valence-corrected chi connectivity index (χ1v) is 7.84. The monoisotopic (exact) mass is 336 g/mol. The third kappa shape index (κ3) is 4.38. The first-order valence-electron chi connectivity index (χ1n) is 7.84. The molecule has 1 saturated heterocycles. The number of hydrogen-bond donors (Lipinski definition) is 1. The molecule has 0 aliphatic carbocycles. The quantitative estimate of drug-likeness (QED) is 0.760. The van der Waals surface area contributed by atoms with Gasteiger partial charge in [-0.1, -0.05) is 0 Å². The first kappa shape index (κ1) is 18.1. The van der Waals surface area contributed by atoms with Crippen LogP contribution in [0.5, 0.6) is 11.5 Å². The Bertz CT molecular complexity index is 590. The van der Waals surface area contributed by atoms with Gasteiger partial charge in [0.2, 0.25) is 11.8 Å². The molecule has 1 unspecified atom stereocenters. The van der Waals surface area contributed by atoms with Crippen molar-refractivity contribution in [3.63, 3.8) is 0 Å². The van der Waals surface area contributed by atoms with Gasteiger partial charge in [-0.2, -0.15) is 0 Å². The minimum atomic E-state index is -0.321. The van der Waals surface area contributed by atoms with Crippen molar-refractivity contribution in [1.82, 2.24) is 10.2 Å². The van der Waals surface area contributed by atoms with Gasteiger partial charge in [-0.05, 0) is 12.1 Å². The fraction of sp³-hybridized carbons (Fsp3) is 0.529. The SMILES string of the molecule is COCCN1CC(C(=O)NCc2ccc(OC)cc2OC)CC1=O. The molecule has 1 heterocycles. The molecule has 1 aliphatic heterocycles. The van der Waals surface area contributed by atoms with Crippen LogP contribution in [-0.4, -0.2) is 57.7 Å². The smallest absolute Gasteiger partial charge is 0.225 e. The largest absolute Gasteiger partial charge is 0.497 e. The van der Waals surface area contributed by atoms with Gasteiger partial charge in [-0.3, -0.25) is 9.59 Å². The Kier molecular flexibility index (Phi) is 6.43. The van der Waals surface area contributed by atoms with Crippen LogP contribution >= 0.6 is 0 Å². The van der Waals surface area contributed by atoms with Crippen LogP contribution in [0.25, 0.3) is 0 Å². The lowest BCUT2D eigenvalue weighted by molar-refractivity contribution is -0.129. The Labute approximate surface area is 141 Å². The topological polar surface area (TPSA) is 77.1 Å². The highest BCUT2D eigenvalue weighted by molar-refractivity contribution is 5.89. The van der Waals surface area contributed by atoms with E-state index in [0.29, 0.717) is 37.7 Å². The molecular formula is C17H24N2O5. The van der Waals surface area contributed by atoms with E-state index in [1.807, 2.05) is 12.1 Å². The van der Waals surface area contributed by atoms with Gasteiger partial charge >= 0.3 is 0 Å². The number of ether oxygens (including phenoxy) is 3. The average Bonchev–Trinajstić information content (AvgIpc) is 2.98. The standard InChI is InChI=1S/C17H24N2O5/c1-22-7-6-19-11-13(8-16(19)20)17(21)18-10-12-4-5-14(23-2)9-15(12)24-3/h4-5,9,13H,6-8,10-11H2,1-3H3,(H,18,21). The number of hydrogen-bond acceptors (Lipinski definition) is 5. The molecule has 1 N–H and O–H groups in total. The van der Waals surface area contributed by atoms with Gasteiger partial charge < -0.3 is 24.4 Å². The van der Waals surface area contributed by atoms with Crippen LogP contribution in [0.3, 0.4) is 0 Å². The second-order valence-corrected chi connectivity index (χ2v) is 5.63. The van der Waals surface area contributed by atoms with Crippen molar-refractivity contribution in [3.8, 4) is 11.5 Å². The van der Waals surface area contributed by atoms with Crippen molar-refractivity contribution < 1.29 is 23.8 Å². The molecule has 2 amide bonds. The molecule has 1 atom stereocenters. The lowest BCUT2D eigenvalue weighted by Crippen LogP contribution is -2.33. The van der Waals surface area contributed by atoms with Crippen LogP contribution in [0.4, 0.5) is 0 Å². The molecule has 0 radical (unpaired) electrons. The van der Waals surface area contributed by atoms with E-state index in [0.717, 1.165) is 5.56 Å². The minimum Gasteiger partial charge on any atom is -0.497 e. The summed E-state index contributed by atoms with van der Waals surface area (Å²) in [5.74, 6) is 0.893. The summed E-state index contributed by atoms with van der Waals surface area (Å²) in [5, 5.41) is 2.88. The highest BCUT2D eigenvalue weighted by Gasteiger charge is 2.33. The third-order valence-electron chi connectivity index (χ3n) is 4.10. The predicted molar refractivity (Wildman–Crippen MR) is 88.0 cm³/mol. The van der Waals surface area contributed by atoms with Gasteiger partial charge in [0.15, 0.2) is 0 Å². The number of rotatable bonds is 8.